The number of esters is 2. The first kappa shape index (κ1) is 27.6. The third kappa shape index (κ3) is 9.88. The molecule has 1 amide bonds. The molecule has 1 heterocycles. The summed E-state index contributed by atoms with van der Waals surface area (Å²) in [6.07, 6.45) is 4.63. The molecule has 0 spiro atoms. The highest BCUT2D eigenvalue weighted by atomic mass is 16.5. The first-order chi connectivity index (χ1) is 18.0. The summed E-state index contributed by atoms with van der Waals surface area (Å²) >= 11 is 0. The number of carbonyl (C=O) groups is 3. The van der Waals surface area contributed by atoms with Crippen molar-refractivity contribution in [2.45, 2.75) is 39.2 Å². The van der Waals surface area contributed by atoms with Gasteiger partial charge in [-0.05, 0) is 43.4 Å². The van der Waals surface area contributed by atoms with E-state index in [2.05, 4.69) is 10.3 Å². The van der Waals surface area contributed by atoms with Crippen LogP contribution in [0.2, 0.25) is 0 Å². The largest absolute Gasteiger partial charge is 0.466 e. The molecule has 2 unspecified atom stereocenters. The van der Waals surface area contributed by atoms with Crippen LogP contribution in [0.25, 0.3) is 0 Å². The predicted molar refractivity (Wildman–Crippen MR) is 140 cm³/mol. The Balaban J connectivity index is 1.62. The molecular weight excluding hydrogens is 468 g/mol. The second-order valence-electron chi connectivity index (χ2n) is 8.82. The minimum absolute atomic E-state index is 0.0510. The van der Waals surface area contributed by atoms with Gasteiger partial charge in [-0.1, -0.05) is 66.7 Å². The maximum Gasteiger partial charge on any atom is 0.309 e. The topological polar surface area (TPSA) is 94.6 Å². The SMILES string of the molecule is CCOC(=O)C(Cc1ccccc1)CC(Cc1ccccc1)C(=O)NCCC(=O)OCc1cccnc1. The number of carbonyl (C=O) groups excluding carboxylic acids is 3. The molecule has 0 saturated carbocycles. The van der Waals surface area contributed by atoms with Crippen LogP contribution in [-0.4, -0.2) is 36.0 Å². The summed E-state index contributed by atoms with van der Waals surface area (Å²) in [5, 5.41) is 2.87. The molecule has 7 nitrogen and oxygen atoms in total. The lowest BCUT2D eigenvalue weighted by Gasteiger charge is -2.22. The molecule has 1 N–H and O–H groups in total. The van der Waals surface area contributed by atoms with Gasteiger partial charge in [-0.15, -0.1) is 0 Å². The summed E-state index contributed by atoms with van der Waals surface area (Å²) < 4.78 is 10.6. The van der Waals surface area contributed by atoms with Crippen molar-refractivity contribution in [1.29, 1.82) is 0 Å². The Morgan fingerprint density at radius 2 is 1.43 bits per heavy atom. The minimum atomic E-state index is -0.466. The van der Waals surface area contributed by atoms with Crippen molar-refractivity contribution in [3.63, 3.8) is 0 Å². The smallest absolute Gasteiger partial charge is 0.309 e. The first-order valence-electron chi connectivity index (χ1n) is 12.6. The number of aromatic nitrogens is 1. The van der Waals surface area contributed by atoms with Crippen molar-refractivity contribution < 1.29 is 23.9 Å². The summed E-state index contributed by atoms with van der Waals surface area (Å²) in [7, 11) is 0. The zero-order valence-electron chi connectivity index (χ0n) is 21.2. The molecule has 0 bridgehead atoms. The van der Waals surface area contributed by atoms with Gasteiger partial charge in [0.05, 0.1) is 18.9 Å². The Morgan fingerprint density at radius 3 is 2.03 bits per heavy atom. The number of nitrogens with zero attached hydrogens (tertiary/aromatic N) is 1. The van der Waals surface area contributed by atoms with Crippen LogP contribution in [0.1, 0.15) is 36.5 Å². The van der Waals surface area contributed by atoms with Crippen molar-refractivity contribution in [3.05, 3.63) is 102 Å². The number of benzene rings is 2. The zero-order valence-corrected chi connectivity index (χ0v) is 21.2. The Labute approximate surface area is 218 Å². The second-order valence-corrected chi connectivity index (χ2v) is 8.82. The van der Waals surface area contributed by atoms with Crippen molar-refractivity contribution in [2.24, 2.45) is 11.8 Å². The average molecular weight is 503 g/mol. The molecule has 194 valence electrons. The number of ether oxygens (including phenoxy) is 2. The van der Waals surface area contributed by atoms with Crippen LogP contribution in [0.4, 0.5) is 0 Å². The third-order valence-electron chi connectivity index (χ3n) is 5.96. The van der Waals surface area contributed by atoms with E-state index in [1.807, 2.05) is 66.7 Å². The second kappa shape index (κ2) is 15.2. The van der Waals surface area contributed by atoms with Gasteiger partial charge in [0.2, 0.25) is 5.91 Å². The number of hydrogen-bond donors (Lipinski definition) is 1. The van der Waals surface area contributed by atoms with Crippen LogP contribution in [0.15, 0.2) is 85.2 Å². The van der Waals surface area contributed by atoms with Crippen LogP contribution in [-0.2, 0) is 43.3 Å². The van der Waals surface area contributed by atoms with Gasteiger partial charge >= 0.3 is 11.9 Å². The van der Waals surface area contributed by atoms with Crippen LogP contribution in [0.5, 0.6) is 0 Å². The van der Waals surface area contributed by atoms with E-state index in [9.17, 15) is 14.4 Å². The highest BCUT2D eigenvalue weighted by Crippen LogP contribution is 2.23. The Kier molecular flexibility index (Phi) is 11.3. The zero-order chi connectivity index (χ0) is 26.3. The molecule has 37 heavy (non-hydrogen) atoms. The van der Waals surface area contributed by atoms with Gasteiger partial charge in [0.1, 0.15) is 6.61 Å². The van der Waals surface area contributed by atoms with Crippen molar-refractivity contribution in [1.82, 2.24) is 10.3 Å². The molecule has 0 saturated heterocycles. The Morgan fingerprint density at radius 1 is 0.811 bits per heavy atom. The standard InChI is InChI=1S/C30H34N2O5/c1-2-36-30(35)27(19-24-12-7-4-8-13-24)20-26(18-23-10-5-3-6-11-23)29(34)32-17-15-28(33)37-22-25-14-9-16-31-21-25/h3-14,16,21,26-27H,2,15,17-20,22H2,1H3,(H,32,34). The van der Waals surface area contributed by atoms with Gasteiger partial charge in [0.15, 0.2) is 0 Å². The lowest BCUT2D eigenvalue weighted by Crippen LogP contribution is -2.36. The number of nitrogens with one attached hydrogen (secondary N) is 1. The van der Waals surface area contributed by atoms with E-state index < -0.39 is 17.8 Å². The van der Waals surface area contributed by atoms with Crippen LogP contribution in [0, 0.1) is 11.8 Å². The number of hydrogen-bond acceptors (Lipinski definition) is 6. The first-order valence-corrected chi connectivity index (χ1v) is 12.6. The normalized spacial score (nSPS) is 12.2. The Bertz CT molecular complexity index is 1110. The van der Waals surface area contributed by atoms with Gasteiger partial charge in [-0.3, -0.25) is 19.4 Å². The molecule has 0 aliphatic carbocycles. The minimum Gasteiger partial charge on any atom is -0.466 e. The van der Waals surface area contributed by atoms with Crippen molar-refractivity contribution in [3.8, 4) is 0 Å². The number of pyridine rings is 1. The molecule has 2 aromatic carbocycles. The molecular formula is C30H34N2O5. The molecule has 7 heteroatoms. The van der Waals surface area contributed by atoms with E-state index in [-0.39, 0.29) is 38.1 Å². The molecule has 3 aromatic rings. The molecule has 1 aromatic heterocycles. The van der Waals surface area contributed by atoms with Gasteiger partial charge in [0.25, 0.3) is 0 Å². The maximum atomic E-state index is 13.3. The molecule has 0 aliphatic rings. The van der Waals surface area contributed by atoms with Crippen molar-refractivity contribution in [2.75, 3.05) is 13.2 Å². The summed E-state index contributed by atoms with van der Waals surface area (Å²) in [4.78, 5) is 42.2. The lowest BCUT2D eigenvalue weighted by atomic mass is 9.85. The molecule has 0 radical (unpaired) electrons. The summed E-state index contributed by atoms with van der Waals surface area (Å²) in [6.45, 7) is 2.34. The maximum absolute atomic E-state index is 13.3. The van der Waals surface area contributed by atoms with Crippen LogP contribution in [0.3, 0.4) is 0 Å². The summed E-state index contributed by atoms with van der Waals surface area (Å²) in [6, 6.07) is 23.0. The monoisotopic (exact) mass is 502 g/mol. The quantitative estimate of drug-likeness (QED) is 0.330. The van der Waals surface area contributed by atoms with Crippen LogP contribution < -0.4 is 5.32 Å². The molecule has 0 fully saturated rings. The average Bonchev–Trinajstić information content (AvgIpc) is 2.93. The van der Waals surface area contributed by atoms with E-state index in [1.54, 1.807) is 25.4 Å². The van der Waals surface area contributed by atoms with Gasteiger partial charge in [0, 0.05) is 30.4 Å². The molecule has 0 aliphatic heterocycles. The van der Waals surface area contributed by atoms with Gasteiger partial charge in [-0.2, -0.15) is 0 Å². The highest BCUT2D eigenvalue weighted by Gasteiger charge is 2.29. The summed E-state index contributed by atoms with van der Waals surface area (Å²) in [5.41, 5.74) is 2.81. The fourth-order valence-corrected chi connectivity index (χ4v) is 4.10. The van der Waals surface area contributed by atoms with E-state index >= 15 is 0 Å². The van der Waals surface area contributed by atoms with Crippen LogP contribution >= 0.6 is 0 Å². The van der Waals surface area contributed by atoms with E-state index in [0.717, 1.165) is 16.7 Å². The highest BCUT2D eigenvalue weighted by molar-refractivity contribution is 5.81. The fourth-order valence-electron chi connectivity index (χ4n) is 4.10. The third-order valence-corrected chi connectivity index (χ3v) is 5.96. The predicted octanol–water partition coefficient (Wildman–Crippen LogP) is 4.30. The molecule has 2 atom stereocenters. The van der Waals surface area contributed by atoms with Gasteiger partial charge in [-0.25, -0.2) is 0 Å². The molecule has 3 rings (SSSR count). The summed E-state index contributed by atoms with van der Waals surface area (Å²) in [5.74, 6) is -1.85. The number of rotatable bonds is 14. The fraction of sp³-hybridized carbons (Fsp3) is 0.333. The lowest BCUT2D eigenvalue weighted by molar-refractivity contribution is -0.149. The number of amides is 1. The van der Waals surface area contributed by atoms with E-state index in [4.69, 9.17) is 9.47 Å². The van der Waals surface area contributed by atoms with E-state index in [1.165, 1.54) is 0 Å². The Hall–Kier alpha value is -4.00. The van der Waals surface area contributed by atoms with E-state index in [0.29, 0.717) is 19.3 Å². The van der Waals surface area contributed by atoms with Crippen molar-refractivity contribution >= 4 is 17.8 Å². The van der Waals surface area contributed by atoms with Gasteiger partial charge < -0.3 is 14.8 Å².